The summed E-state index contributed by atoms with van der Waals surface area (Å²) < 4.78 is 5.59. The Balaban J connectivity index is 1.54. The molecule has 110 valence electrons. The lowest BCUT2D eigenvalue weighted by molar-refractivity contribution is -0.123. The summed E-state index contributed by atoms with van der Waals surface area (Å²) in [6.07, 6.45) is 1.98. The molecular weight excluding hydrogens is 264 g/mol. The van der Waals surface area contributed by atoms with Crippen LogP contribution in [-0.2, 0) is 4.79 Å². The van der Waals surface area contributed by atoms with E-state index in [9.17, 15) is 4.79 Å². The molecule has 2 aromatic rings. The van der Waals surface area contributed by atoms with Crippen LogP contribution < -0.4 is 15.4 Å². The van der Waals surface area contributed by atoms with Crippen LogP contribution in [0.5, 0.6) is 5.75 Å². The number of piperidine rings is 1. The first kappa shape index (κ1) is 13.9. The van der Waals surface area contributed by atoms with Crippen LogP contribution in [-0.4, -0.2) is 31.6 Å². The number of carbonyl (C=O) groups excluding carboxylic acids is 1. The van der Waals surface area contributed by atoms with Gasteiger partial charge in [0.25, 0.3) is 5.91 Å². The van der Waals surface area contributed by atoms with E-state index in [1.165, 1.54) is 5.39 Å². The highest BCUT2D eigenvalue weighted by Gasteiger charge is 2.15. The number of nitrogens with one attached hydrogen (secondary N) is 2. The van der Waals surface area contributed by atoms with Gasteiger partial charge in [0.15, 0.2) is 6.61 Å². The van der Waals surface area contributed by atoms with E-state index in [1.54, 1.807) is 0 Å². The van der Waals surface area contributed by atoms with E-state index in [2.05, 4.69) is 16.7 Å². The van der Waals surface area contributed by atoms with Crippen LogP contribution in [0.2, 0.25) is 0 Å². The summed E-state index contributed by atoms with van der Waals surface area (Å²) in [5.74, 6) is 0.684. The topological polar surface area (TPSA) is 50.4 Å². The lowest BCUT2D eigenvalue weighted by Crippen LogP contribution is -2.44. The third-order valence-corrected chi connectivity index (χ3v) is 3.80. The van der Waals surface area contributed by atoms with Gasteiger partial charge in [-0.3, -0.25) is 4.79 Å². The largest absolute Gasteiger partial charge is 0.484 e. The van der Waals surface area contributed by atoms with E-state index in [0.29, 0.717) is 0 Å². The maximum Gasteiger partial charge on any atom is 0.258 e. The normalized spacial score (nSPS) is 15.8. The van der Waals surface area contributed by atoms with Crippen LogP contribution in [0.15, 0.2) is 42.5 Å². The highest BCUT2D eigenvalue weighted by molar-refractivity contribution is 5.84. The molecule has 0 atom stereocenters. The minimum atomic E-state index is -0.0462. The van der Waals surface area contributed by atoms with Gasteiger partial charge in [-0.2, -0.15) is 0 Å². The second kappa shape index (κ2) is 6.59. The molecule has 4 heteroatoms. The molecule has 1 aliphatic rings. The van der Waals surface area contributed by atoms with Crippen molar-refractivity contribution in [3.8, 4) is 5.75 Å². The van der Waals surface area contributed by atoms with Gasteiger partial charge in [0, 0.05) is 6.04 Å². The first-order valence-corrected chi connectivity index (χ1v) is 7.43. The summed E-state index contributed by atoms with van der Waals surface area (Å²) >= 11 is 0. The molecule has 1 saturated heterocycles. The summed E-state index contributed by atoms with van der Waals surface area (Å²) in [6.45, 7) is 2.01. The van der Waals surface area contributed by atoms with Gasteiger partial charge in [0.2, 0.25) is 0 Å². The van der Waals surface area contributed by atoms with Gasteiger partial charge >= 0.3 is 0 Å². The number of benzene rings is 2. The average molecular weight is 284 g/mol. The summed E-state index contributed by atoms with van der Waals surface area (Å²) in [6, 6.07) is 14.3. The van der Waals surface area contributed by atoms with Gasteiger partial charge in [0.05, 0.1) is 0 Å². The number of rotatable bonds is 4. The third-order valence-electron chi connectivity index (χ3n) is 3.80. The van der Waals surface area contributed by atoms with Gasteiger partial charge in [-0.1, -0.05) is 30.3 Å². The molecule has 0 saturated carbocycles. The number of amides is 1. The molecule has 0 bridgehead atoms. The second-order valence-electron chi connectivity index (χ2n) is 5.39. The summed E-state index contributed by atoms with van der Waals surface area (Å²) in [5, 5.41) is 8.59. The molecule has 2 N–H and O–H groups in total. The molecule has 1 fully saturated rings. The highest BCUT2D eigenvalue weighted by atomic mass is 16.5. The number of fused-ring (bicyclic) bond motifs is 1. The molecule has 1 heterocycles. The minimum Gasteiger partial charge on any atom is -0.484 e. The molecule has 0 aromatic heterocycles. The van der Waals surface area contributed by atoms with E-state index >= 15 is 0 Å². The van der Waals surface area contributed by atoms with Gasteiger partial charge in [-0.25, -0.2) is 0 Å². The van der Waals surface area contributed by atoms with Crippen LogP contribution >= 0.6 is 0 Å². The Hall–Kier alpha value is -2.07. The smallest absolute Gasteiger partial charge is 0.258 e. The van der Waals surface area contributed by atoms with Gasteiger partial charge in [-0.15, -0.1) is 0 Å². The van der Waals surface area contributed by atoms with Crippen LogP contribution in [0.3, 0.4) is 0 Å². The first-order chi connectivity index (χ1) is 10.3. The quantitative estimate of drug-likeness (QED) is 0.904. The third kappa shape index (κ3) is 3.73. The molecule has 21 heavy (non-hydrogen) atoms. The molecule has 1 amide bonds. The number of hydrogen-bond donors (Lipinski definition) is 2. The second-order valence-corrected chi connectivity index (χ2v) is 5.39. The molecule has 3 rings (SSSR count). The Morgan fingerprint density at radius 2 is 1.90 bits per heavy atom. The van der Waals surface area contributed by atoms with Crippen molar-refractivity contribution in [2.45, 2.75) is 18.9 Å². The highest BCUT2D eigenvalue weighted by Crippen LogP contribution is 2.20. The maximum absolute atomic E-state index is 11.9. The maximum atomic E-state index is 11.9. The number of ether oxygens (including phenoxy) is 1. The van der Waals surface area contributed by atoms with Crippen molar-refractivity contribution in [1.29, 1.82) is 0 Å². The molecule has 4 nitrogen and oxygen atoms in total. The lowest BCUT2D eigenvalue weighted by Gasteiger charge is -2.23. The molecule has 0 unspecified atom stereocenters. The van der Waals surface area contributed by atoms with E-state index in [0.717, 1.165) is 37.1 Å². The van der Waals surface area contributed by atoms with Crippen molar-refractivity contribution in [2.24, 2.45) is 0 Å². The molecule has 0 aliphatic carbocycles. The lowest BCUT2D eigenvalue weighted by atomic mass is 10.1. The number of carbonyl (C=O) groups is 1. The van der Waals surface area contributed by atoms with E-state index in [4.69, 9.17) is 4.74 Å². The Labute approximate surface area is 124 Å². The Bertz CT molecular complexity index is 621. The minimum absolute atomic E-state index is 0.0462. The fourth-order valence-electron chi connectivity index (χ4n) is 2.64. The molecule has 2 aromatic carbocycles. The van der Waals surface area contributed by atoms with Crippen LogP contribution in [0.4, 0.5) is 0 Å². The van der Waals surface area contributed by atoms with Gasteiger partial charge in [0.1, 0.15) is 5.75 Å². The van der Waals surface area contributed by atoms with Crippen molar-refractivity contribution in [3.63, 3.8) is 0 Å². The fourth-order valence-corrected chi connectivity index (χ4v) is 2.64. The molecule has 1 aliphatic heterocycles. The van der Waals surface area contributed by atoms with E-state index in [1.807, 2.05) is 36.4 Å². The number of hydrogen-bond acceptors (Lipinski definition) is 3. The molecular formula is C17H20N2O2. The zero-order chi connectivity index (χ0) is 14.5. The monoisotopic (exact) mass is 284 g/mol. The summed E-state index contributed by atoms with van der Waals surface area (Å²) in [7, 11) is 0. The Morgan fingerprint density at radius 3 is 2.71 bits per heavy atom. The van der Waals surface area contributed by atoms with Gasteiger partial charge in [-0.05, 0) is 48.8 Å². The molecule has 0 radical (unpaired) electrons. The van der Waals surface area contributed by atoms with Crippen LogP contribution in [0.25, 0.3) is 10.8 Å². The summed E-state index contributed by atoms with van der Waals surface area (Å²) in [4.78, 5) is 11.9. The zero-order valence-corrected chi connectivity index (χ0v) is 12.0. The average Bonchev–Trinajstić information content (AvgIpc) is 2.54. The fraction of sp³-hybridized carbons (Fsp3) is 0.353. The van der Waals surface area contributed by atoms with E-state index < -0.39 is 0 Å². The standard InChI is InChI=1S/C17H20N2O2/c20-17(19-15-7-9-18-10-8-15)12-21-16-6-5-13-3-1-2-4-14(13)11-16/h1-6,11,15,18H,7-10,12H2,(H,19,20). The SMILES string of the molecule is O=C(COc1ccc2ccccc2c1)NC1CCNCC1. The van der Waals surface area contributed by atoms with E-state index in [-0.39, 0.29) is 18.6 Å². The van der Waals surface area contributed by atoms with Crippen molar-refractivity contribution in [1.82, 2.24) is 10.6 Å². The van der Waals surface area contributed by atoms with Crippen LogP contribution in [0.1, 0.15) is 12.8 Å². The summed E-state index contributed by atoms with van der Waals surface area (Å²) in [5.41, 5.74) is 0. The Kier molecular flexibility index (Phi) is 4.36. The van der Waals surface area contributed by atoms with Crippen LogP contribution in [0, 0.1) is 0 Å². The Morgan fingerprint density at radius 1 is 1.14 bits per heavy atom. The van der Waals surface area contributed by atoms with Crippen molar-refractivity contribution < 1.29 is 9.53 Å². The first-order valence-electron chi connectivity index (χ1n) is 7.43. The van der Waals surface area contributed by atoms with Gasteiger partial charge < -0.3 is 15.4 Å². The zero-order valence-electron chi connectivity index (χ0n) is 12.0. The predicted molar refractivity (Wildman–Crippen MR) is 83.5 cm³/mol. The van der Waals surface area contributed by atoms with Crippen molar-refractivity contribution in [3.05, 3.63) is 42.5 Å². The predicted octanol–water partition coefficient (Wildman–Crippen LogP) is 2.09. The van der Waals surface area contributed by atoms with Crippen molar-refractivity contribution in [2.75, 3.05) is 19.7 Å². The molecule has 0 spiro atoms. The van der Waals surface area contributed by atoms with Crippen molar-refractivity contribution >= 4 is 16.7 Å².